The molecule has 0 radical (unpaired) electrons. The summed E-state index contributed by atoms with van der Waals surface area (Å²) < 4.78 is 5.90. The Balaban J connectivity index is 1.48. The van der Waals surface area contributed by atoms with Crippen LogP contribution in [-0.4, -0.2) is 56.9 Å². The van der Waals surface area contributed by atoms with Gasteiger partial charge in [-0.3, -0.25) is 10.4 Å². The number of aromatic amines is 1. The van der Waals surface area contributed by atoms with Crippen LogP contribution >= 0.6 is 12.2 Å². The van der Waals surface area contributed by atoms with E-state index >= 15 is 0 Å². The second-order valence-corrected chi connectivity index (χ2v) is 8.29. The molecule has 3 heterocycles. The van der Waals surface area contributed by atoms with Crippen molar-refractivity contribution in [1.29, 1.82) is 5.41 Å². The van der Waals surface area contributed by atoms with Crippen molar-refractivity contribution in [3.05, 3.63) is 91.0 Å². The van der Waals surface area contributed by atoms with Crippen LogP contribution in [0.2, 0.25) is 0 Å². The molecule has 2 atom stereocenters. The summed E-state index contributed by atoms with van der Waals surface area (Å²) >= 11 is 5.37. The summed E-state index contributed by atoms with van der Waals surface area (Å²) in [5, 5.41) is 15.4. The smallest absolute Gasteiger partial charge is 0.175 e. The minimum atomic E-state index is -0.0898. The van der Waals surface area contributed by atoms with Crippen molar-refractivity contribution in [3.8, 4) is 0 Å². The number of rotatable bonds is 5. The summed E-state index contributed by atoms with van der Waals surface area (Å²) in [6.07, 6.45) is 6.99. The Morgan fingerprint density at radius 3 is 2.53 bits per heavy atom. The first-order chi connectivity index (χ1) is 16.5. The van der Waals surface area contributed by atoms with Gasteiger partial charge in [0.15, 0.2) is 16.8 Å². The van der Waals surface area contributed by atoms with Crippen molar-refractivity contribution >= 4 is 40.4 Å². The number of hydrogen-bond donors (Lipinski definition) is 4. The average molecular weight is 474 g/mol. The number of anilines is 2. The quantitative estimate of drug-likeness (QED) is 0.191. The van der Waals surface area contributed by atoms with Gasteiger partial charge >= 0.3 is 0 Å². The lowest BCUT2D eigenvalue weighted by molar-refractivity contribution is -0.0336. The number of hydrogen-bond acceptors (Lipinski definition) is 4. The van der Waals surface area contributed by atoms with Gasteiger partial charge in [0.1, 0.15) is 0 Å². The molecule has 1 aliphatic heterocycles. The Kier molecular flexibility index (Phi) is 7.46. The molecule has 0 unspecified atom stereocenters. The van der Waals surface area contributed by atoms with Crippen LogP contribution in [-0.2, 0) is 4.74 Å². The minimum Gasteiger partial charge on any atom is -0.368 e. The third kappa shape index (κ3) is 5.94. The van der Waals surface area contributed by atoms with Gasteiger partial charge < -0.3 is 25.3 Å². The van der Waals surface area contributed by atoms with E-state index in [9.17, 15) is 0 Å². The predicted molar refractivity (Wildman–Crippen MR) is 141 cm³/mol. The Bertz CT molecular complexity index is 1160. The second kappa shape index (κ2) is 10.9. The number of pyridine rings is 1. The standard InChI is InChI=1S/C25H27N7OS/c1-3-21-16-32(15-17(2)33-21)24(22-5-4-12-28-22)31-23(26)18-6-8-19(9-7-18)29-25(34)30-20-10-13-27-14-11-20/h3-14,17,21,26,28H,1,15-16H2,2H3,(H2,27,29,30,34)/t17-,21+/m0/s1. The van der Waals surface area contributed by atoms with Gasteiger partial charge in [-0.1, -0.05) is 6.08 Å². The maximum Gasteiger partial charge on any atom is 0.175 e. The molecule has 1 fully saturated rings. The molecule has 1 aromatic carbocycles. The second-order valence-electron chi connectivity index (χ2n) is 7.89. The first-order valence-electron chi connectivity index (χ1n) is 10.9. The van der Waals surface area contributed by atoms with Crippen LogP contribution < -0.4 is 10.6 Å². The van der Waals surface area contributed by atoms with Gasteiger partial charge in [0.25, 0.3) is 0 Å². The number of morpholine rings is 1. The van der Waals surface area contributed by atoms with Crippen LogP contribution in [0, 0.1) is 5.41 Å². The monoisotopic (exact) mass is 473 g/mol. The number of aromatic nitrogens is 2. The van der Waals surface area contributed by atoms with Crippen LogP contribution in [0.3, 0.4) is 0 Å². The topological polar surface area (TPSA) is 101 Å². The number of amidine groups is 2. The normalized spacial score (nSPS) is 18.3. The lowest BCUT2D eigenvalue weighted by Crippen LogP contribution is -2.49. The first-order valence-corrected chi connectivity index (χ1v) is 11.3. The number of nitrogens with zero attached hydrogens (tertiary/aromatic N) is 3. The van der Waals surface area contributed by atoms with Crippen molar-refractivity contribution in [2.45, 2.75) is 19.1 Å². The molecular weight excluding hydrogens is 446 g/mol. The van der Waals surface area contributed by atoms with E-state index in [4.69, 9.17) is 27.4 Å². The van der Waals surface area contributed by atoms with E-state index in [1.165, 1.54) is 0 Å². The molecular formula is C25H27N7OS. The minimum absolute atomic E-state index is 0.0288. The van der Waals surface area contributed by atoms with E-state index in [1.54, 1.807) is 18.5 Å². The zero-order valence-corrected chi connectivity index (χ0v) is 19.7. The van der Waals surface area contributed by atoms with E-state index in [-0.39, 0.29) is 18.0 Å². The molecule has 2 aromatic heterocycles. The van der Waals surface area contributed by atoms with Crippen molar-refractivity contribution in [2.24, 2.45) is 4.99 Å². The molecule has 3 aromatic rings. The molecule has 0 amide bonds. The van der Waals surface area contributed by atoms with Crippen molar-refractivity contribution in [2.75, 3.05) is 23.7 Å². The van der Waals surface area contributed by atoms with Gasteiger partial charge in [0.2, 0.25) is 0 Å². The Labute approximate surface area is 204 Å². The zero-order chi connectivity index (χ0) is 23.9. The fourth-order valence-electron chi connectivity index (χ4n) is 3.67. The molecule has 8 nitrogen and oxygen atoms in total. The third-order valence-electron chi connectivity index (χ3n) is 5.26. The van der Waals surface area contributed by atoms with Gasteiger partial charge in [-0.05, 0) is 67.7 Å². The molecule has 4 N–H and O–H groups in total. The van der Waals surface area contributed by atoms with Gasteiger partial charge in [-0.25, -0.2) is 4.99 Å². The van der Waals surface area contributed by atoms with Crippen LogP contribution in [0.4, 0.5) is 11.4 Å². The number of ether oxygens (including phenoxy) is 1. The van der Waals surface area contributed by atoms with Gasteiger partial charge in [0, 0.05) is 48.6 Å². The molecule has 0 spiro atoms. The number of benzene rings is 1. The van der Waals surface area contributed by atoms with Crippen LogP contribution in [0.25, 0.3) is 0 Å². The van der Waals surface area contributed by atoms with E-state index < -0.39 is 0 Å². The molecule has 1 saturated heterocycles. The SMILES string of the molecule is C=C[C@@H]1CN(C(=NC(=N)c2ccc(NC(=S)Nc3ccncc3)cc2)c2ccc[nH]2)C[C@H](C)O1. The van der Waals surface area contributed by atoms with Gasteiger partial charge in [-0.2, -0.15) is 0 Å². The van der Waals surface area contributed by atoms with Crippen molar-refractivity contribution in [1.82, 2.24) is 14.9 Å². The van der Waals surface area contributed by atoms with E-state index in [0.29, 0.717) is 29.6 Å². The Hall–Kier alpha value is -3.82. The zero-order valence-electron chi connectivity index (χ0n) is 18.9. The fraction of sp³-hybridized carbons (Fsp3) is 0.200. The van der Waals surface area contributed by atoms with E-state index in [2.05, 4.69) is 32.1 Å². The van der Waals surface area contributed by atoms with Crippen molar-refractivity contribution in [3.63, 3.8) is 0 Å². The Morgan fingerprint density at radius 2 is 1.88 bits per heavy atom. The molecule has 0 bridgehead atoms. The lowest BCUT2D eigenvalue weighted by atomic mass is 10.1. The van der Waals surface area contributed by atoms with Gasteiger partial charge in [0.05, 0.1) is 17.9 Å². The van der Waals surface area contributed by atoms with E-state index in [0.717, 1.165) is 17.1 Å². The van der Waals surface area contributed by atoms with Gasteiger partial charge in [-0.15, -0.1) is 6.58 Å². The van der Waals surface area contributed by atoms with Crippen LogP contribution in [0.15, 0.2) is 84.8 Å². The highest BCUT2D eigenvalue weighted by Crippen LogP contribution is 2.17. The summed E-state index contributed by atoms with van der Waals surface area (Å²) in [6, 6.07) is 15.0. The molecule has 0 aliphatic carbocycles. The highest BCUT2D eigenvalue weighted by molar-refractivity contribution is 7.80. The highest BCUT2D eigenvalue weighted by Gasteiger charge is 2.27. The first kappa shape index (κ1) is 23.3. The van der Waals surface area contributed by atoms with E-state index in [1.807, 2.05) is 61.7 Å². The third-order valence-corrected chi connectivity index (χ3v) is 5.46. The highest BCUT2D eigenvalue weighted by atomic mass is 32.1. The number of nitrogens with one attached hydrogen (secondary N) is 4. The Morgan fingerprint density at radius 1 is 1.18 bits per heavy atom. The summed E-state index contributed by atoms with van der Waals surface area (Å²) in [5.41, 5.74) is 3.22. The largest absolute Gasteiger partial charge is 0.368 e. The number of thiocarbonyl (C=S) groups is 1. The fourth-order valence-corrected chi connectivity index (χ4v) is 3.91. The van der Waals surface area contributed by atoms with Crippen LogP contribution in [0.1, 0.15) is 18.2 Å². The maximum absolute atomic E-state index is 8.64. The molecule has 4 rings (SSSR count). The summed E-state index contributed by atoms with van der Waals surface area (Å²) in [7, 11) is 0. The molecule has 174 valence electrons. The number of H-pyrrole nitrogens is 1. The molecule has 9 heteroatoms. The molecule has 1 aliphatic rings. The summed E-state index contributed by atoms with van der Waals surface area (Å²) in [4.78, 5) is 14.1. The molecule has 0 saturated carbocycles. The predicted octanol–water partition coefficient (Wildman–Crippen LogP) is 4.27. The maximum atomic E-state index is 8.64. The summed E-state index contributed by atoms with van der Waals surface area (Å²) in [6.45, 7) is 7.21. The molecule has 34 heavy (non-hydrogen) atoms. The number of aliphatic imine (C=N–C) groups is 1. The average Bonchev–Trinajstić information content (AvgIpc) is 3.37. The summed E-state index contributed by atoms with van der Waals surface area (Å²) in [5.74, 6) is 0.880. The van der Waals surface area contributed by atoms with Crippen LogP contribution in [0.5, 0.6) is 0 Å². The van der Waals surface area contributed by atoms with Crippen molar-refractivity contribution < 1.29 is 4.74 Å². The lowest BCUT2D eigenvalue weighted by Gasteiger charge is -2.37.